The molecule has 108 valence electrons. The van der Waals surface area contributed by atoms with Crippen molar-refractivity contribution in [2.75, 3.05) is 13.1 Å². The average Bonchev–Trinajstić information content (AvgIpc) is 2.64. The molecule has 0 saturated carbocycles. The summed E-state index contributed by atoms with van der Waals surface area (Å²) >= 11 is 0. The number of Topliss-reactive ketones (excluding diaryl/α,β-unsaturated/α-hetero) is 1. The summed E-state index contributed by atoms with van der Waals surface area (Å²) in [5.74, 6) is 0.205. The van der Waals surface area contributed by atoms with Gasteiger partial charge >= 0.3 is 0 Å². The summed E-state index contributed by atoms with van der Waals surface area (Å²) < 4.78 is 2.23. The number of carbonyl (C=O) groups excluding carboxylic acids is 1. The highest BCUT2D eigenvalue weighted by Crippen LogP contribution is 2.20. The highest BCUT2D eigenvalue weighted by atomic mass is 16.1. The van der Waals surface area contributed by atoms with Crippen molar-refractivity contribution in [1.82, 2.24) is 9.88 Å². The Labute approximate surface area is 117 Å². The van der Waals surface area contributed by atoms with Gasteiger partial charge in [0.2, 0.25) is 0 Å². The number of nitrogens with zero attached hydrogens (tertiary/aromatic N) is 1. The molecule has 0 atom stereocenters. The van der Waals surface area contributed by atoms with Crippen LogP contribution < -0.4 is 5.32 Å². The van der Waals surface area contributed by atoms with E-state index in [1.807, 2.05) is 13.0 Å². The van der Waals surface area contributed by atoms with Gasteiger partial charge in [-0.3, -0.25) is 4.79 Å². The lowest BCUT2D eigenvalue weighted by molar-refractivity contribution is 0.0990. The van der Waals surface area contributed by atoms with Crippen LogP contribution in [0.4, 0.5) is 0 Å². The summed E-state index contributed by atoms with van der Waals surface area (Å²) in [6.07, 6.45) is 3.59. The molecule has 1 N–H and O–H groups in total. The molecule has 1 rings (SSSR count). The third-order valence-electron chi connectivity index (χ3n) is 3.54. The van der Waals surface area contributed by atoms with E-state index in [9.17, 15) is 4.79 Å². The van der Waals surface area contributed by atoms with Crippen LogP contribution >= 0.6 is 0 Å². The van der Waals surface area contributed by atoms with Gasteiger partial charge in [0.25, 0.3) is 0 Å². The molecule has 3 nitrogen and oxygen atoms in total. The number of aromatic nitrogens is 1. The Hall–Kier alpha value is -1.09. The summed E-state index contributed by atoms with van der Waals surface area (Å²) in [6.45, 7) is 12.0. The molecule has 0 radical (unpaired) electrons. The first-order valence-corrected chi connectivity index (χ1v) is 7.41. The second-order valence-electron chi connectivity index (χ2n) is 5.56. The van der Waals surface area contributed by atoms with Gasteiger partial charge in [-0.25, -0.2) is 0 Å². The average molecular weight is 264 g/mol. The zero-order valence-corrected chi connectivity index (χ0v) is 13.0. The summed E-state index contributed by atoms with van der Waals surface area (Å²) in [6, 6.07) is 2.42. The van der Waals surface area contributed by atoms with Crippen LogP contribution in [0.25, 0.3) is 0 Å². The highest BCUT2D eigenvalue weighted by molar-refractivity contribution is 5.99. The number of ketones is 1. The fourth-order valence-electron chi connectivity index (χ4n) is 2.65. The molecule has 0 aliphatic carbocycles. The Bertz CT molecular complexity index is 419. The van der Waals surface area contributed by atoms with Gasteiger partial charge in [0.05, 0.1) is 6.54 Å². The van der Waals surface area contributed by atoms with Gasteiger partial charge < -0.3 is 9.88 Å². The first-order valence-electron chi connectivity index (χ1n) is 7.41. The van der Waals surface area contributed by atoms with Gasteiger partial charge in [-0.2, -0.15) is 0 Å². The second-order valence-corrected chi connectivity index (χ2v) is 5.56. The lowest BCUT2D eigenvalue weighted by Crippen LogP contribution is -2.24. The molecule has 0 aromatic carbocycles. The van der Waals surface area contributed by atoms with Crippen LogP contribution in [0.15, 0.2) is 6.07 Å². The molecule has 0 bridgehead atoms. The number of unbranched alkanes of at least 4 members (excludes halogenated alkanes) is 2. The summed E-state index contributed by atoms with van der Waals surface area (Å²) in [4.78, 5) is 12.2. The fourth-order valence-corrected chi connectivity index (χ4v) is 2.65. The number of hydrogen-bond donors (Lipinski definition) is 1. The van der Waals surface area contributed by atoms with Gasteiger partial charge in [-0.15, -0.1) is 0 Å². The first kappa shape index (κ1) is 16.0. The van der Waals surface area contributed by atoms with E-state index < -0.39 is 0 Å². The number of hydrogen-bond acceptors (Lipinski definition) is 2. The number of carbonyl (C=O) groups is 1. The molecule has 0 aliphatic rings. The molecule has 1 aromatic heterocycles. The van der Waals surface area contributed by atoms with Gasteiger partial charge in [0, 0.05) is 23.0 Å². The van der Waals surface area contributed by atoms with E-state index in [0.29, 0.717) is 12.6 Å². The van der Waals surface area contributed by atoms with Crippen molar-refractivity contribution < 1.29 is 4.79 Å². The van der Waals surface area contributed by atoms with E-state index in [2.05, 4.69) is 37.6 Å². The maximum Gasteiger partial charge on any atom is 0.178 e. The zero-order valence-electron chi connectivity index (χ0n) is 13.0. The number of aryl methyl sites for hydroxylation is 1. The highest BCUT2D eigenvalue weighted by Gasteiger charge is 2.16. The Morgan fingerprint density at radius 1 is 1.32 bits per heavy atom. The third-order valence-corrected chi connectivity index (χ3v) is 3.54. The monoisotopic (exact) mass is 264 g/mol. The molecule has 0 unspecified atom stereocenters. The predicted molar refractivity (Wildman–Crippen MR) is 81.0 cm³/mol. The molecule has 1 aromatic rings. The zero-order chi connectivity index (χ0) is 14.4. The minimum atomic E-state index is 0.205. The fraction of sp³-hybridized carbons (Fsp3) is 0.688. The Morgan fingerprint density at radius 2 is 2.00 bits per heavy atom. The molecule has 0 spiro atoms. The van der Waals surface area contributed by atoms with Crippen molar-refractivity contribution in [2.24, 2.45) is 0 Å². The van der Waals surface area contributed by atoms with Crippen molar-refractivity contribution in [1.29, 1.82) is 0 Å². The SMILES string of the molecule is CCCCCNCC(=O)c1cc(C)n(C(C)C)c1C. The van der Waals surface area contributed by atoms with Gasteiger partial charge in [0.15, 0.2) is 5.78 Å². The largest absolute Gasteiger partial charge is 0.346 e. The maximum absolute atomic E-state index is 12.2. The molecule has 19 heavy (non-hydrogen) atoms. The van der Waals surface area contributed by atoms with Gasteiger partial charge in [-0.1, -0.05) is 19.8 Å². The minimum absolute atomic E-state index is 0.205. The Kier molecular flexibility index (Phi) is 6.29. The number of nitrogens with one attached hydrogen (secondary N) is 1. The second kappa shape index (κ2) is 7.49. The van der Waals surface area contributed by atoms with Crippen LogP contribution in [0.1, 0.15) is 67.8 Å². The lowest BCUT2D eigenvalue weighted by atomic mass is 10.1. The minimum Gasteiger partial charge on any atom is -0.346 e. The lowest BCUT2D eigenvalue weighted by Gasteiger charge is -2.13. The van der Waals surface area contributed by atoms with E-state index in [4.69, 9.17) is 0 Å². The molecule has 0 fully saturated rings. The van der Waals surface area contributed by atoms with Crippen LogP contribution in [-0.2, 0) is 0 Å². The molecule has 1 heterocycles. The van der Waals surface area contributed by atoms with E-state index in [1.165, 1.54) is 18.5 Å². The number of rotatable bonds is 8. The van der Waals surface area contributed by atoms with Gasteiger partial charge in [0.1, 0.15) is 0 Å². The van der Waals surface area contributed by atoms with Gasteiger partial charge in [-0.05, 0) is 46.7 Å². The standard InChI is InChI=1S/C16H28N2O/c1-6-7-8-9-17-11-16(19)15-10-13(4)18(12(2)3)14(15)5/h10,12,17H,6-9,11H2,1-5H3. The topological polar surface area (TPSA) is 34.0 Å². The van der Waals surface area contributed by atoms with E-state index in [0.717, 1.165) is 24.2 Å². The van der Waals surface area contributed by atoms with Crippen molar-refractivity contribution in [2.45, 2.75) is 59.9 Å². The Balaban J connectivity index is 2.60. The van der Waals surface area contributed by atoms with Crippen LogP contribution in [0.3, 0.4) is 0 Å². The predicted octanol–water partition coefficient (Wildman–Crippen LogP) is 3.65. The van der Waals surface area contributed by atoms with Crippen LogP contribution in [0.2, 0.25) is 0 Å². The molecular weight excluding hydrogens is 236 g/mol. The van der Waals surface area contributed by atoms with Crippen molar-refractivity contribution >= 4 is 5.78 Å². The van der Waals surface area contributed by atoms with Crippen molar-refractivity contribution in [3.63, 3.8) is 0 Å². The van der Waals surface area contributed by atoms with Crippen LogP contribution in [0, 0.1) is 13.8 Å². The van der Waals surface area contributed by atoms with Crippen molar-refractivity contribution in [3.05, 3.63) is 23.0 Å². The smallest absolute Gasteiger partial charge is 0.178 e. The van der Waals surface area contributed by atoms with E-state index in [1.54, 1.807) is 0 Å². The normalized spacial score (nSPS) is 11.3. The van der Waals surface area contributed by atoms with Crippen LogP contribution in [-0.4, -0.2) is 23.4 Å². The van der Waals surface area contributed by atoms with E-state index >= 15 is 0 Å². The summed E-state index contributed by atoms with van der Waals surface area (Å²) in [7, 11) is 0. The maximum atomic E-state index is 12.2. The summed E-state index contributed by atoms with van der Waals surface area (Å²) in [5.41, 5.74) is 3.13. The molecular formula is C16H28N2O. The van der Waals surface area contributed by atoms with E-state index in [-0.39, 0.29) is 5.78 Å². The molecule has 0 amide bonds. The quantitative estimate of drug-likeness (QED) is 0.574. The molecule has 3 heteroatoms. The van der Waals surface area contributed by atoms with Crippen LogP contribution in [0.5, 0.6) is 0 Å². The molecule has 0 saturated heterocycles. The van der Waals surface area contributed by atoms with Crippen molar-refractivity contribution in [3.8, 4) is 0 Å². The first-order chi connectivity index (χ1) is 8.99. The Morgan fingerprint density at radius 3 is 2.53 bits per heavy atom. The summed E-state index contributed by atoms with van der Waals surface area (Å²) in [5, 5.41) is 3.24. The third kappa shape index (κ3) is 4.20. The molecule has 0 aliphatic heterocycles.